The van der Waals surface area contributed by atoms with Crippen molar-refractivity contribution >= 4 is 10.0 Å². The first-order valence-electron chi connectivity index (χ1n) is 5.22. The number of rotatable bonds is 5. The average Bonchev–Trinajstić information content (AvgIpc) is 2.30. The summed E-state index contributed by atoms with van der Waals surface area (Å²) in [5.74, 6) is 0. The molecule has 0 aromatic carbocycles. The second-order valence-electron chi connectivity index (χ2n) is 3.24. The molecular weight excluding hydrogens is 226 g/mol. The Balaban J connectivity index is 3.26. The minimum absolute atomic E-state index is 0.122. The number of aromatic nitrogens is 1. The molecule has 0 amide bonds. The van der Waals surface area contributed by atoms with Crippen LogP contribution in [0.3, 0.4) is 0 Å². The van der Waals surface area contributed by atoms with E-state index in [1.165, 1.54) is 4.31 Å². The van der Waals surface area contributed by atoms with E-state index in [1.54, 1.807) is 32.2 Å². The lowest BCUT2D eigenvalue weighted by atomic mass is 10.3. The summed E-state index contributed by atoms with van der Waals surface area (Å²) in [6.45, 7) is 4.62. The highest BCUT2D eigenvalue weighted by Gasteiger charge is 2.24. The van der Waals surface area contributed by atoms with Crippen LogP contribution in [0.2, 0.25) is 0 Å². The van der Waals surface area contributed by atoms with Gasteiger partial charge in [-0.15, -0.1) is 0 Å². The second kappa shape index (κ2) is 5.38. The maximum Gasteiger partial charge on any atom is 0.244 e. The van der Waals surface area contributed by atoms with E-state index in [2.05, 4.69) is 4.98 Å². The molecule has 1 aromatic rings. The van der Waals surface area contributed by atoms with Gasteiger partial charge in [-0.1, -0.05) is 13.8 Å². The van der Waals surface area contributed by atoms with Gasteiger partial charge >= 0.3 is 0 Å². The molecule has 0 bridgehead atoms. The molecule has 16 heavy (non-hydrogen) atoms. The summed E-state index contributed by atoms with van der Waals surface area (Å²) in [4.78, 5) is 4.19. The largest absolute Gasteiger partial charge is 0.325 e. The molecule has 90 valence electrons. The fourth-order valence-corrected chi connectivity index (χ4v) is 3.16. The summed E-state index contributed by atoms with van der Waals surface area (Å²) in [5, 5.41) is 0. The fraction of sp³-hybridized carbons (Fsp3) is 0.500. The molecule has 0 aliphatic rings. The molecule has 0 spiro atoms. The third-order valence-electron chi connectivity index (χ3n) is 2.37. The van der Waals surface area contributed by atoms with Crippen molar-refractivity contribution in [3.8, 4) is 0 Å². The molecule has 1 rings (SSSR count). The quantitative estimate of drug-likeness (QED) is 0.820. The number of sulfonamides is 1. The molecule has 0 fully saturated rings. The Morgan fingerprint density at radius 2 is 2.00 bits per heavy atom. The van der Waals surface area contributed by atoms with E-state index >= 15 is 0 Å². The topological polar surface area (TPSA) is 76.3 Å². The highest BCUT2D eigenvalue weighted by atomic mass is 32.2. The monoisotopic (exact) mass is 243 g/mol. The predicted octanol–water partition coefficient (Wildman–Crippen LogP) is 0.571. The van der Waals surface area contributed by atoms with Crippen LogP contribution in [-0.4, -0.2) is 30.8 Å². The number of nitrogens with two attached hydrogens (primary N) is 1. The van der Waals surface area contributed by atoms with Crippen LogP contribution in [-0.2, 0) is 16.6 Å². The Kier molecular flexibility index (Phi) is 4.40. The van der Waals surface area contributed by atoms with Gasteiger partial charge < -0.3 is 5.73 Å². The first-order chi connectivity index (χ1) is 7.57. The minimum Gasteiger partial charge on any atom is -0.325 e. The van der Waals surface area contributed by atoms with Gasteiger partial charge in [-0.3, -0.25) is 4.98 Å². The summed E-state index contributed by atoms with van der Waals surface area (Å²) < 4.78 is 25.8. The van der Waals surface area contributed by atoms with Crippen LogP contribution in [0.4, 0.5) is 0 Å². The molecule has 6 heteroatoms. The predicted molar refractivity (Wildman–Crippen MR) is 62.2 cm³/mol. The summed E-state index contributed by atoms with van der Waals surface area (Å²) >= 11 is 0. The molecule has 1 heterocycles. The normalized spacial score (nSPS) is 12.0. The van der Waals surface area contributed by atoms with Gasteiger partial charge in [-0.2, -0.15) is 4.31 Å². The van der Waals surface area contributed by atoms with E-state index in [1.807, 2.05) is 0 Å². The van der Waals surface area contributed by atoms with Gasteiger partial charge in [-0.05, 0) is 12.1 Å². The van der Waals surface area contributed by atoms with E-state index in [0.29, 0.717) is 18.8 Å². The Morgan fingerprint density at radius 3 is 2.50 bits per heavy atom. The Morgan fingerprint density at radius 1 is 1.38 bits per heavy atom. The number of hydrogen-bond acceptors (Lipinski definition) is 4. The van der Waals surface area contributed by atoms with Gasteiger partial charge in [-0.25, -0.2) is 8.42 Å². The van der Waals surface area contributed by atoms with Gasteiger partial charge in [0.05, 0.1) is 5.69 Å². The lowest BCUT2D eigenvalue weighted by molar-refractivity contribution is 0.444. The van der Waals surface area contributed by atoms with Crippen molar-refractivity contribution in [1.82, 2.24) is 9.29 Å². The van der Waals surface area contributed by atoms with Crippen LogP contribution in [0.1, 0.15) is 19.5 Å². The Bertz CT molecular complexity index is 441. The van der Waals surface area contributed by atoms with Crippen LogP contribution in [0.25, 0.3) is 0 Å². The molecule has 0 saturated heterocycles. The number of pyridine rings is 1. The third-order valence-corrected chi connectivity index (χ3v) is 4.49. The van der Waals surface area contributed by atoms with Crippen molar-refractivity contribution in [3.05, 3.63) is 24.0 Å². The molecule has 0 aliphatic carbocycles. The van der Waals surface area contributed by atoms with E-state index in [4.69, 9.17) is 5.73 Å². The summed E-state index contributed by atoms with van der Waals surface area (Å²) in [7, 11) is -3.45. The van der Waals surface area contributed by atoms with Crippen molar-refractivity contribution in [1.29, 1.82) is 0 Å². The summed E-state index contributed by atoms with van der Waals surface area (Å²) in [6, 6.07) is 3.15. The first-order valence-corrected chi connectivity index (χ1v) is 6.66. The minimum atomic E-state index is -3.45. The second-order valence-corrected chi connectivity index (χ2v) is 5.15. The van der Waals surface area contributed by atoms with Crippen molar-refractivity contribution in [2.24, 2.45) is 5.73 Å². The zero-order valence-corrected chi connectivity index (χ0v) is 10.4. The molecule has 5 nitrogen and oxygen atoms in total. The van der Waals surface area contributed by atoms with E-state index in [-0.39, 0.29) is 11.4 Å². The molecule has 0 saturated carbocycles. The summed E-state index contributed by atoms with van der Waals surface area (Å²) in [6.07, 6.45) is 1.55. The zero-order chi connectivity index (χ0) is 12.2. The maximum absolute atomic E-state index is 12.2. The SMILES string of the molecule is CCN(CC)S(=O)(=O)c1cccnc1CN. The van der Waals surface area contributed by atoms with Crippen molar-refractivity contribution in [3.63, 3.8) is 0 Å². The standard InChI is InChI=1S/C10H17N3O2S/c1-3-13(4-2)16(14,15)10-6-5-7-12-9(10)8-11/h5-7H,3-4,8,11H2,1-2H3. The number of nitrogens with zero attached hydrogens (tertiary/aromatic N) is 2. The van der Waals surface area contributed by atoms with Gasteiger partial charge in [0.15, 0.2) is 0 Å². The third kappa shape index (κ3) is 2.40. The lowest BCUT2D eigenvalue weighted by Crippen LogP contribution is -2.31. The van der Waals surface area contributed by atoms with E-state index in [0.717, 1.165) is 0 Å². The molecule has 0 radical (unpaired) electrons. The van der Waals surface area contributed by atoms with Crippen LogP contribution >= 0.6 is 0 Å². The van der Waals surface area contributed by atoms with Crippen LogP contribution < -0.4 is 5.73 Å². The smallest absolute Gasteiger partial charge is 0.244 e. The highest BCUT2D eigenvalue weighted by molar-refractivity contribution is 7.89. The van der Waals surface area contributed by atoms with Gasteiger partial charge in [0, 0.05) is 25.8 Å². The highest BCUT2D eigenvalue weighted by Crippen LogP contribution is 2.17. The molecule has 0 unspecified atom stereocenters. The maximum atomic E-state index is 12.2. The van der Waals surface area contributed by atoms with E-state index < -0.39 is 10.0 Å². The van der Waals surface area contributed by atoms with Crippen LogP contribution in [0.15, 0.2) is 23.2 Å². The van der Waals surface area contributed by atoms with Crippen LogP contribution in [0, 0.1) is 0 Å². The lowest BCUT2D eigenvalue weighted by Gasteiger charge is -2.19. The Labute approximate surface area is 96.3 Å². The molecule has 0 aliphatic heterocycles. The van der Waals surface area contributed by atoms with Gasteiger partial charge in [0.1, 0.15) is 4.90 Å². The van der Waals surface area contributed by atoms with Crippen molar-refractivity contribution in [2.75, 3.05) is 13.1 Å². The van der Waals surface area contributed by atoms with Gasteiger partial charge in [0.25, 0.3) is 0 Å². The van der Waals surface area contributed by atoms with Gasteiger partial charge in [0.2, 0.25) is 10.0 Å². The Hall–Kier alpha value is -0.980. The first kappa shape index (κ1) is 13.1. The molecule has 0 atom stereocenters. The molecule has 1 aromatic heterocycles. The molecule has 2 N–H and O–H groups in total. The fourth-order valence-electron chi connectivity index (χ4n) is 1.51. The van der Waals surface area contributed by atoms with Crippen LogP contribution in [0.5, 0.6) is 0 Å². The average molecular weight is 243 g/mol. The number of hydrogen-bond donors (Lipinski definition) is 1. The van der Waals surface area contributed by atoms with Crippen molar-refractivity contribution in [2.45, 2.75) is 25.3 Å². The zero-order valence-electron chi connectivity index (χ0n) is 9.55. The molecular formula is C10H17N3O2S. The van der Waals surface area contributed by atoms with Crippen molar-refractivity contribution < 1.29 is 8.42 Å². The van der Waals surface area contributed by atoms with E-state index in [9.17, 15) is 8.42 Å². The summed E-state index contributed by atoms with van der Waals surface area (Å²) in [5.41, 5.74) is 5.90.